The van der Waals surface area contributed by atoms with Gasteiger partial charge in [-0.2, -0.15) is 0 Å². The average Bonchev–Trinajstić information content (AvgIpc) is 2.56. The number of likely N-dealkylation sites (N-methyl/N-ethyl adjacent to an activating group) is 1. The number of hydrogen-bond acceptors (Lipinski definition) is 5. The van der Waals surface area contributed by atoms with Gasteiger partial charge in [-0.05, 0) is 25.2 Å². The monoisotopic (exact) mass is 328 g/mol. The molecule has 8 heteroatoms. The topological polar surface area (TPSA) is 111 Å². The van der Waals surface area contributed by atoms with Crippen LogP contribution in [0.3, 0.4) is 0 Å². The highest BCUT2D eigenvalue weighted by atomic mass is 16.5. The fraction of sp³-hybridized carbons (Fsp3) is 0.800. The molecule has 8 nitrogen and oxygen atoms in total. The van der Waals surface area contributed by atoms with Crippen molar-refractivity contribution in [3.63, 3.8) is 0 Å². The van der Waals surface area contributed by atoms with E-state index in [0.717, 1.165) is 6.42 Å². The van der Waals surface area contributed by atoms with Gasteiger partial charge in [0.1, 0.15) is 6.04 Å². The molecule has 3 atom stereocenters. The van der Waals surface area contributed by atoms with Gasteiger partial charge in [-0.3, -0.25) is 24.6 Å². The van der Waals surface area contributed by atoms with Gasteiger partial charge in [-0.1, -0.05) is 20.8 Å². The Balaban J connectivity index is 3.01. The van der Waals surface area contributed by atoms with E-state index >= 15 is 0 Å². The second kappa shape index (κ2) is 8.83. The molecular weight excluding hydrogens is 300 g/mol. The molecule has 0 radical (unpaired) electrons. The quantitative estimate of drug-likeness (QED) is 0.406. The highest BCUT2D eigenvalue weighted by Gasteiger charge is 2.39. The molecule has 0 aliphatic carbocycles. The van der Waals surface area contributed by atoms with Crippen molar-refractivity contribution in [1.29, 1.82) is 0 Å². The number of rotatable bonds is 6. The predicted molar refractivity (Wildman–Crippen MR) is 84.0 cm³/mol. The van der Waals surface area contributed by atoms with E-state index < -0.39 is 23.8 Å². The Kier molecular flexibility index (Phi) is 7.44. The number of hydroxylamine groups is 1. The van der Waals surface area contributed by atoms with Crippen LogP contribution in [0.1, 0.15) is 40.0 Å². The Bertz CT molecular complexity index is 441. The number of hydrogen-bond donors (Lipinski definition) is 4. The van der Waals surface area contributed by atoms with Gasteiger partial charge >= 0.3 is 0 Å². The van der Waals surface area contributed by atoms with Crippen LogP contribution in [0, 0.1) is 17.8 Å². The average molecular weight is 328 g/mol. The minimum atomic E-state index is -0.691. The molecule has 1 fully saturated rings. The largest absolute Gasteiger partial charge is 0.357 e. The molecule has 4 N–H and O–H groups in total. The summed E-state index contributed by atoms with van der Waals surface area (Å²) in [5.74, 6) is -2.22. The van der Waals surface area contributed by atoms with E-state index in [4.69, 9.17) is 5.21 Å². The summed E-state index contributed by atoms with van der Waals surface area (Å²) < 4.78 is 0. The normalized spacial score (nSPS) is 20.8. The molecule has 23 heavy (non-hydrogen) atoms. The molecule has 0 unspecified atom stereocenters. The lowest BCUT2D eigenvalue weighted by Crippen LogP contribution is -2.60. The van der Waals surface area contributed by atoms with Crippen molar-refractivity contribution in [2.24, 2.45) is 17.8 Å². The summed E-state index contributed by atoms with van der Waals surface area (Å²) in [6.45, 7) is 6.14. The Morgan fingerprint density at radius 2 is 1.96 bits per heavy atom. The van der Waals surface area contributed by atoms with Gasteiger partial charge in [0, 0.05) is 19.5 Å². The van der Waals surface area contributed by atoms with E-state index in [9.17, 15) is 14.4 Å². The van der Waals surface area contributed by atoms with Gasteiger partial charge < -0.3 is 5.32 Å². The zero-order valence-corrected chi connectivity index (χ0v) is 14.3. The van der Waals surface area contributed by atoms with Crippen molar-refractivity contribution >= 4 is 17.7 Å². The lowest BCUT2D eigenvalue weighted by atomic mass is 9.84. The van der Waals surface area contributed by atoms with Crippen molar-refractivity contribution in [2.45, 2.75) is 46.1 Å². The Hall–Kier alpha value is -1.67. The standard InChI is InChI=1S/C15H28N4O4/c1-9(2)8-11(10(3)13(20)18-23)15(22)19-12(14(21)16-4)6-5-7-17-19/h9-12,17,23H,5-8H2,1-4H3,(H,16,21)(H,18,20)/t10-,11+,12-/m0/s1. The van der Waals surface area contributed by atoms with Gasteiger partial charge in [0.2, 0.25) is 17.7 Å². The van der Waals surface area contributed by atoms with Crippen LogP contribution >= 0.6 is 0 Å². The first kappa shape index (κ1) is 19.4. The van der Waals surface area contributed by atoms with Gasteiger partial charge in [0.05, 0.1) is 5.92 Å². The van der Waals surface area contributed by atoms with Crippen molar-refractivity contribution < 1.29 is 19.6 Å². The van der Waals surface area contributed by atoms with Crippen LogP contribution in [0.25, 0.3) is 0 Å². The maximum atomic E-state index is 12.9. The molecule has 1 aliphatic heterocycles. The molecule has 0 aromatic rings. The van der Waals surface area contributed by atoms with Crippen LogP contribution < -0.4 is 16.2 Å². The molecular formula is C15H28N4O4. The van der Waals surface area contributed by atoms with E-state index in [2.05, 4.69) is 10.7 Å². The summed E-state index contributed by atoms with van der Waals surface area (Å²) >= 11 is 0. The van der Waals surface area contributed by atoms with Gasteiger partial charge in [-0.25, -0.2) is 10.9 Å². The zero-order chi connectivity index (χ0) is 17.6. The maximum absolute atomic E-state index is 12.9. The van der Waals surface area contributed by atoms with Crippen LogP contribution in [0.4, 0.5) is 0 Å². The van der Waals surface area contributed by atoms with Crippen LogP contribution in [-0.4, -0.2) is 47.6 Å². The first-order chi connectivity index (χ1) is 10.8. The van der Waals surface area contributed by atoms with E-state index in [1.54, 1.807) is 12.4 Å². The van der Waals surface area contributed by atoms with Gasteiger partial charge in [-0.15, -0.1) is 0 Å². The van der Waals surface area contributed by atoms with E-state index in [1.807, 2.05) is 13.8 Å². The Morgan fingerprint density at radius 3 is 2.48 bits per heavy atom. The summed E-state index contributed by atoms with van der Waals surface area (Å²) in [5, 5.41) is 12.8. The van der Waals surface area contributed by atoms with Crippen molar-refractivity contribution in [2.75, 3.05) is 13.6 Å². The third-order valence-corrected chi connectivity index (χ3v) is 4.20. The number of carbonyl (C=O) groups is 3. The fourth-order valence-corrected chi connectivity index (χ4v) is 2.87. The van der Waals surface area contributed by atoms with Crippen molar-refractivity contribution in [3.8, 4) is 0 Å². The van der Waals surface area contributed by atoms with Gasteiger partial charge in [0.25, 0.3) is 0 Å². The van der Waals surface area contributed by atoms with Crippen molar-refractivity contribution in [3.05, 3.63) is 0 Å². The molecule has 0 aromatic heterocycles. The first-order valence-corrected chi connectivity index (χ1v) is 8.05. The lowest BCUT2D eigenvalue weighted by molar-refractivity contribution is -0.154. The Morgan fingerprint density at radius 1 is 1.30 bits per heavy atom. The van der Waals surface area contributed by atoms with E-state index in [0.29, 0.717) is 19.4 Å². The molecule has 1 rings (SSSR count). The van der Waals surface area contributed by atoms with Crippen LogP contribution in [-0.2, 0) is 14.4 Å². The smallest absolute Gasteiger partial charge is 0.246 e. The van der Waals surface area contributed by atoms with Crippen LogP contribution in [0.5, 0.6) is 0 Å². The van der Waals surface area contributed by atoms with E-state index in [1.165, 1.54) is 12.1 Å². The highest BCUT2D eigenvalue weighted by Crippen LogP contribution is 2.25. The number of hydrazine groups is 1. The molecule has 132 valence electrons. The van der Waals surface area contributed by atoms with E-state index in [-0.39, 0.29) is 17.7 Å². The zero-order valence-electron chi connectivity index (χ0n) is 14.3. The minimum absolute atomic E-state index is 0.195. The summed E-state index contributed by atoms with van der Waals surface area (Å²) in [6.07, 6.45) is 1.86. The second-order valence-electron chi connectivity index (χ2n) is 6.39. The third kappa shape index (κ3) is 4.90. The van der Waals surface area contributed by atoms with Crippen molar-refractivity contribution in [1.82, 2.24) is 21.2 Å². The summed E-state index contributed by atoms with van der Waals surface area (Å²) in [4.78, 5) is 36.7. The molecule has 1 heterocycles. The second-order valence-corrected chi connectivity index (χ2v) is 6.39. The van der Waals surface area contributed by atoms with Gasteiger partial charge in [0.15, 0.2) is 0 Å². The third-order valence-electron chi connectivity index (χ3n) is 4.20. The molecule has 3 amide bonds. The minimum Gasteiger partial charge on any atom is -0.357 e. The van der Waals surface area contributed by atoms with Crippen LogP contribution in [0.2, 0.25) is 0 Å². The molecule has 1 aliphatic rings. The summed E-state index contributed by atoms with van der Waals surface area (Å²) in [5.41, 5.74) is 4.59. The predicted octanol–water partition coefficient (Wildman–Crippen LogP) is 0.0318. The molecule has 0 spiro atoms. The maximum Gasteiger partial charge on any atom is 0.246 e. The Labute approximate surface area is 136 Å². The SMILES string of the molecule is CNC(=O)[C@@H]1CCCNN1C(=O)[C@H](CC(C)C)[C@H](C)C(=O)NO. The summed E-state index contributed by atoms with van der Waals surface area (Å²) in [6, 6.07) is -0.583. The lowest BCUT2D eigenvalue weighted by Gasteiger charge is -2.38. The highest BCUT2D eigenvalue weighted by molar-refractivity contribution is 5.91. The molecule has 0 saturated carbocycles. The number of carbonyl (C=O) groups excluding carboxylic acids is 3. The fourth-order valence-electron chi connectivity index (χ4n) is 2.87. The molecule has 0 bridgehead atoms. The number of amides is 3. The first-order valence-electron chi connectivity index (χ1n) is 8.05. The van der Waals surface area contributed by atoms with Crippen LogP contribution in [0.15, 0.2) is 0 Å². The summed E-state index contributed by atoms with van der Waals surface area (Å²) in [7, 11) is 1.53. The molecule has 1 saturated heterocycles. The molecule has 0 aromatic carbocycles. The number of nitrogens with one attached hydrogen (secondary N) is 3. The number of nitrogens with zero attached hydrogens (tertiary/aromatic N) is 1.